The van der Waals surface area contributed by atoms with Gasteiger partial charge in [-0.05, 0) is 19.3 Å². The molecule has 0 bridgehead atoms. The Morgan fingerprint density at radius 1 is 1.29 bits per heavy atom. The molecule has 0 saturated heterocycles. The maximum absolute atomic E-state index is 10.8. The van der Waals surface area contributed by atoms with Crippen molar-refractivity contribution in [2.45, 2.75) is 30.8 Å². The summed E-state index contributed by atoms with van der Waals surface area (Å²) in [5.41, 5.74) is 0. The van der Waals surface area contributed by atoms with Crippen LogP contribution in [0.4, 0.5) is 0 Å². The molecule has 4 nitrogen and oxygen atoms in total. The Kier molecular flexibility index (Phi) is 7.94. The maximum atomic E-state index is 10.8. The van der Waals surface area contributed by atoms with E-state index in [-0.39, 0.29) is 0 Å². The predicted molar refractivity (Wildman–Crippen MR) is 65.2 cm³/mol. The molecular formula is C6H15O4P2S2. The second-order valence-corrected chi connectivity index (χ2v) is 9.23. The highest BCUT2D eigenvalue weighted by Crippen LogP contribution is 2.60. The van der Waals surface area contributed by atoms with Crippen LogP contribution in [0.25, 0.3) is 0 Å². The van der Waals surface area contributed by atoms with Crippen molar-refractivity contribution in [1.82, 2.24) is 0 Å². The SMILES string of the molecule is C[CH]CC(CC)(S[PH](=O)O)S[PH](=O)O. The molecule has 2 atom stereocenters. The molecule has 0 rings (SSSR count). The molecule has 14 heavy (non-hydrogen) atoms. The highest BCUT2D eigenvalue weighted by atomic mass is 32.8. The summed E-state index contributed by atoms with van der Waals surface area (Å²) in [6.07, 6.45) is 2.98. The lowest BCUT2D eigenvalue weighted by molar-refractivity contribution is 0.518. The van der Waals surface area contributed by atoms with Gasteiger partial charge < -0.3 is 9.79 Å². The molecule has 2 N–H and O–H groups in total. The van der Waals surface area contributed by atoms with E-state index in [0.29, 0.717) is 12.8 Å². The van der Waals surface area contributed by atoms with Gasteiger partial charge in [0.05, 0.1) is 4.08 Å². The Hall–Kier alpha value is 1.08. The van der Waals surface area contributed by atoms with Gasteiger partial charge in [0.1, 0.15) is 0 Å². The molecule has 85 valence electrons. The van der Waals surface area contributed by atoms with Gasteiger partial charge in [-0.15, -0.1) is 0 Å². The monoisotopic (exact) mass is 277 g/mol. The summed E-state index contributed by atoms with van der Waals surface area (Å²) in [4.78, 5) is 17.7. The quantitative estimate of drug-likeness (QED) is 0.550. The van der Waals surface area contributed by atoms with E-state index in [1.54, 1.807) is 0 Å². The zero-order valence-corrected chi connectivity index (χ0v) is 11.7. The first kappa shape index (κ1) is 15.1. The zero-order valence-electron chi connectivity index (χ0n) is 8.02. The van der Waals surface area contributed by atoms with Gasteiger partial charge in [-0.3, -0.25) is 9.13 Å². The molecule has 0 fully saturated rings. The second-order valence-electron chi connectivity index (χ2n) is 2.61. The van der Waals surface area contributed by atoms with Crippen LogP contribution in [-0.4, -0.2) is 13.9 Å². The van der Waals surface area contributed by atoms with Crippen molar-refractivity contribution in [3.05, 3.63) is 6.42 Å². The van der Waals surface area contributed by atoms with Crippen LogP contribution in [0.5, 0.6) is 0 Å². The third-order valence-corrected chi connectivity index (χ3v) is 8.38. The minimum absolute atomic E-state index is 0.548. The second kappa shape index (κ2) is 7.37. The van der Waals surface area contributed by atoms with Crippen LogP contribution in [0.2, 0.25) is 0 Å². The summed E-state index contributed by atoms with van der Waals surface area (Å²) >= 11 is 1.80. The van der Waals surface area contributed by atoms with Gasteiger partial charge in [-0.2, -0.15) is 0 Å². The van der Waals surface area contributed by atoms with Gasteiger partial charge in [0.25, 0.3) is 0 Å². The van der Waals surface area contributed by atoms with Crippen LogP contribution in [0.1, 0.15) is 26.7 Å². The van der Waals surface area contributed by atoms with E-state index in [1.807, 2.05) is 20.3 Å². The molecule has 0 spiro atoms. The van der Waals surface area contributed by atoms with Crippen LogP contribution < -0.4 is 0 Å². The summed E-state index contributed by atoms with van der Waals surface area (Å²) in [6.45, 7) is 3.67. The van der Waals surface area contributed by atoms with Crippen LogP contribution in [-0.2, 0) is 9.13 Å². The van der Waals surface area contributed by atoms with E-state index in [0.717, 1.165) is 22.8 Å². The fourth-order valence-electron chi connectivity index (χ4n) is 1.02. The van der Waals surface area contributed by atoms with Gasteiger partial charge in [0, 0.05) is 0 Å². The predicted octanol–water partition coefficient (Wildman–Crippen LogP) is 2.94. The normalized spacial score (nSPS) is 20.0. The van der Waals surface area contributed by atoms with Crippen LogP contribution in [0.3, 0.4) is 0 Å². The Balaban J connectivity index is 4.58. The molecule has 8 heteroatoms. The fraction of sp³-hybridized carbons (Fsp3) is 0.833. The lowest BCUT2D eigenvalue weighted by atomic mass is 10.2. The summed E-state index contributed by atoms with van der Waals surface area (Å²) in [5.74, 6) is 0. The topological polar surface area (TPSA) is 74.6 Å². The highest BCUT2D eigenvalue weighted by Gasteiger charge is 2.32. The van der Waals surface area contributed by atoms with Gasteiger partial charge in [-0.1, -0.05) is 36.6 Å². The van der Waals surface area contributed by atoms with Crippen molar-refractivity contribution in [2.24, 2.45) is 0 Å². The van der Waals surface area contributed by atoms with Crippen LogP contribution in [0.15, 0.2) is 0 Å². The smallest absolute Gasteiger partial charge is 0.245 e. The Bertz CT molecular complexity index is 208. The molecule has 2 unspecified atom stereocenters. The van der Waals surface area contributed by atoms with E-state index in [9.17, 15) is 9.13 Å². The average molecular weight is 277 g/mol. The van der Waals surface area contributed by atoms with Gasteiger partial charge in [0.2, 0.25) is 14.5 Å². The fourth-order valence-corrected chi connectivity index (χ4v) is 8.67. The molecule has 0 aliphatic rings. The van der Waals surface area contributed by atoms with Crippen molar-refractivity contribution >= 4 is 37.2 Å². The number of hydrogen-bond acceptors (Lipinski definition) is 4. The van der Waals surface area contributed by atoms with Crippen LogP contribution >= 0.6 is 37.2 Å². The third-order valence-electron chi connectivity index (χ3n) is 1.60. The average Bonchev–Trinajstić information content (AvgIpc) is 2.02. The van der Waals surface area contributed by atoms with E-state index in [2.05, 4.69) is 0 Å². The summed E-state index contributed by atoms with van der Waals surface area (Å²) in [5, 5.41) is 0. The molecular weight excluding hydrogens is 262 g/mol. The van der Waals surface area contributed by atoms with E-state index in [4.69, 9.17) is 9.79 Å². The molecule has 0 aliphatic carbocycles. The lowest BCUT2D eigenvalue weighted by Crippen LogP contribution is -2.16. The van der Waals surface area contributed by atoms with Crippen LogP contribution in [0, 0.1) is 6.42 Å². The summed E-state index contributed by atoms with van der Waals surface area (Å²) in [6, 6.07) is 0. The minimum Gasteiger partial charge on any atom is -0.339 e. The van der Waals surface area contributed by atoms with Gasteiger partial charge in [0.15, 0.2) is 0 Å². The Morgan fingerprint density at radius 2 is 1.71 bits per heavy atom. The minimum atomic E-state index is -2.68. The standard InChI is InChI=1S/C6H15O4P2S2/c1-3-5-6(4-2,13-11(7)8)14-12(9)10/h3,11-12H,4-5H2,1-2H3,(H,7,8)(H,9,10). The first-order valence-electron chi connectivity index (χ1n) is 4.07. The Labute approximate surface area is 93.5 Å². The van der Waals surface area contributed by atoms with E-state index >= 15 is 0 Å². The van der Waals surface area contributed by atoms with Crippen molar-refractivity contribution in [3.63, 3.8) is 0 Å². The molecule has 0 aliphatic heterocycles. The van der Waals surface area contributed by atoms with E-state index in [1.165, 1.54) is 0 Å². The molecule has 0 heterocycles. The van der Waals surface area contributed by atoms with Crippen molar-refractivity contribution < 1.29 is 18.9 Å². The third kappa shape index (κ3) is 5.84. The molecule has 0 aromatic rings. The molecule has 0 aromatic heterocycles. The zero-order chi connectivity index (χ0) is 11.2. The number of rotatable bonds is 7. The van der Waals surface area contributed by atoms with Crippen molar-refractivity contribution in [2.75, 3.05) is 0 Å². The highest BCUT2D eigenvalue weighted by molar-refractivity contribution is 8.62. The Morgan fingerprint density at radius 3 is 1.93 bits per heavy atom. The largest absolute Gasteiger partial charge is 0.339 e. The first-order chi connectivity index (χ1) is 6.45. The molecule has 0 saturated carbocycles. The first-order valence-corrected chi connectivity index (χ1v) is 9.87. The van der Waals surface area contributed by atoms with Crippen molar-refractivity contribution in [3.8, 4) is 0 Å². The lowest BCUT2D eigenvalue weighted by Gasteiger charge is -2.28. The maximum Gasteiger partial charge on any atom is 0.245 e. The molecule has 1 radical (unpaired) electrons. The van der Waals surface area contributed by atoms with Gasteiger partial charge >= 0.3 is 0 Å². The molecule has 0 aromatic carbocycles. The van der Waals surface area contributed by atoms with Crippen molar-refractivity contribution in [1.29, 1.82) is 0 Å². The van der Waals surface area contributed by atoms with Gasteiger partial charge in [-0.25, -0.2) is 0 Å². The summed E-state index contributed by atoms with van der Waals surface area (Å²) in [7, 11) is -5.36. The summed E-state index contributed by atoms with van der Waals surface area (Å²) < 4.78 is 20.9. The molecule has 0 amide bonds. The number of hydrogen-bond donors (Lipinski definition) is 2. The van der Waals surface area contributed by atoms with E-state index < -0.39 is 18.5 Å².